The fraction of sp³-hybridized carbons (Fsp3) is 0.222. The molecule has 0 aliphatic heterocycles. The van der Waals surface area contributed by atoms with Crippen molar-refractivity contribution in [2.75, 3.05) is 12.4 Å². The SMILES string of the molecule is COC(=O)c1sccc1NC(=O)CCCc1nc(-c2ccc(Cl)cc2)no1. The number of nitrogens with one attached hydrogen (secondary N) is 1. The Hall–Kier alpha value is -2.71. The summed E-state index contributed by atoms with van der Waals surface area (Å²) in [4.78, 5) is 28.4. The van der Waals surface area contributed by atoms with Crippen molar-refractivity contribution in [1.29, 1.82) is 0 Å². The Balaban J connectivity index is 1.50. The minimum atomic E-state index is -0.471. The fourth-order valence-electron chi connectivity index (χ4n) is 2.34. The summed E-state index contributed by atoms with van der Waals surface area (Å²) in [5, 5.41) is 9.01. The maximum atomic E-state index is 12.1. The summed E-state index contributed by atoms with van der Waals surface area (Å²) in [6.07, 6.45) is 1.27. The standard InChI is InChI=1S/C18H16ClN3O4S/c1-25-18(24)16-13(9-10-27-16)20-14(23)3-2-4-15-21-17(22-26-15)11-5-7-12(19)8-6-11/h5-10H,2-4H2,1H3,(H,20,23). The van der Waals surface area contributed by atoms with Gasteiger partial charge in [0, 0.05) is 23.4 Å². The van der Waals surface area contributed by atoms with Gasteiger partial charge in [0.1, 0.15) is 4.88 Å². The van der Waals surface area contributed by atoms with Crippen molar-refractivity contribution in [3.05, 3.63) is 51.5 Å². The highest BCUT2D eigenvalue weighted by Crippen LogP contribution is 2.23. The molecule has 7 nitrogen and oxygen atoms in total. The Morgan fingerprint density at radius 3 is 2.78 bits per heavy atom. The summed E-state index contributed by atoms with van der Waals surface area (Å²) in [5.41, 5.74) is 1.26. The molecule has 1 aromatic carbocycles. The largest absolute Gasteiger partial charge is 0.465 e. The third-order valence-electron chi connectivity index (χ3n) is 3.68. The van der Waals surface area contributed by atoms with Gasteiger partial charge in [-0.3, -0.25) is 4.79 Å². The van der Waals surface area contributed by atoms with E-state index in [2.05, 4.69) is 20.2 Å². The second-order valence-corrected chi connectivity index (χ2v) is 6.93. The molecule has 0 atom stereocenters. The molecule has 0 saturated heterocycles. The van der Waals surface area contributed by atoms with Crippen LogP contribution in [-0.2, 0) is 16.0 Å². The molecule has 0 aliphatic carbocycles. The summed E-state index contributed by atoms with van der Waals surface area (Å²) in [5.74, 6) is 0.266. The zero-order valence-electron chi connectivity index (χ0n) is 14.4. The van der Waals surface area contributed by atoms with Gasteiger partial charge < -0.3 is 14.6 Å². The molecule has 0 spiro atoms. The van der Waals surface area contributed by atoms with E-state index in [4.69, 9.17) is 16.1 Å². The number of aromatic nitrogens is 2. The Bertz CT molecular complexity index is 936. The molecule has 0 bridgehead atoms. The first-order valence-corrected chi connectivity index (χ1v) is 9.37. The summed E-state index contributed by atoms with van der Waals surface area (Å²) >= 11 is 7.08. The van der Waals surface area contributed by atoms with E-state index in [1.165, 1.54) is 18.4 Å². The fourth-order valence-corrected chi connectivity index (χ4v) is 3.24. The predicted octanol–water partition coefficient (Wildman–Crippen LogP) is 4.20. The number of rotatable bonds is 7. The minimum absolute atomic E-state index is 0.198. The van der Waals surface area contributed by atoms with Gasteiger partial charge in [-0.25, -0.2) is 4.79 Å². The quantitative estimate of drug-likeness (QED) is 0.592. The van der Waals surface area contributed by atoms with Gasteiger partial charge >= 0.3 is 5.97 Å². The molecule has 3 aromatic rings. The molecule has 1 N–H and O–H groups in total. The average molecular weight is 406 g/mol. The number of halogens is 1. The van der Waals surface area contributed by atoms with Crippen molar-refractivity contribution in [2.45, 2.75) is 19.3 Å². The number of esters is 1. The zero-order valence-corrected chi connectivity index (χ0v) is 16.0. The summed E-state index contributed by atoms with van der Waals surface area (Å²) < 4.78 is 9.90. The predicted molar refractivity (Wildman–Crippen MR) is 102 cm³/mol. The molecule has 3 rings (SSSR count). The number of benzene rings is 1. The minimum Gasteiger partial charge on any atom is -0.465 e. The van der Waals surface area contributed by atoms with Gasteiger partial charge in [0.15, 0.2) is 0 Å². The van der Waals surface area contributed by atoms with Crippen molar-refractivity contribution in [3.63, 3.8) is 0 Å². The lowest BCUT2D eigenvalue weighted by Crippen LogP contribution is -2.13. The molecule has 0 aliphatic rings. The molecule has 0 radical (unpaired) electrons. The van der Waals surface area contributed by atoms with E-state index in [0.29, 0.717) is 40.1 Å². The van der Waals surface area contributed by atoms with Crippen molar-refractivity contribution < 1.29 is 18.8 Å². The van der Waals surface area contributed by atoms with Crippen molar-refractivity contribution >= 4 is 40.5 Å². The monoisotopic (exact) mass is 405 g/mol. The maximum absolute atomic E-state index is 12.1. The van der Waals surface area contributed by atoms with Gasteiger partial charge in [-0.05, 0) is 42.1 Å². The first-order valence-electron chi connectivity index (χ1n) is 8.11. The number of hydrogen-bond acceptors (Lipinski definition) is 7. The van der Waals surface area contributed by atoms with E-state index in [1.807, 2.05) is 12.1 Å². The lowest BCUT2D eigenvalue weighted by atomic mass is 10.2. The Morgan fingerprint density at radius 2 is 2.04 bits per heavy atom. The highest BCUT2D eigenvalue weighted by Gasteiger charge is 2.16. The van der Waals surface area contributed by atoms with Gasteiger partial charge in [0.05, 0.1) is 12.8 Å². The number of carbonyl (C=O) groups is 2. The van der Waals surface area contributed by atoms with Crippen LogP contribution >= 0.6 is 22.9 Å². The molecular weight excluding hydrogens is 390 g/mol. The molecule has 0 fully saturated rings. The van der Waals surface area contributed by atoms with Crippen LogP contribution in [0.15, 0.2) is 40.2 Å². The lowest BCUT2D eigenvalue weighted by molar-refractivity contribution is -0.116. The van der Waals surface area contributed by atoms with E-state index in [-0.39, 0.29) is 12.3 Å². The van der Waals surface area contributed by atoms with Gasteiger partial charge in [-0.15, -0.1) is 11.3 Å². The van der Waals surface area contributed by atoms with Crippen LogP contribution in [0.25, 0.3) is 11.4 Å². The first kappa shape index (κ1) is 19.1. The maximum Gasteiger partial charge on any atom is 0.350 e. The van der Waals surface area contributed by atoms with Crippen LogP contribution in [-0.4, -0.2) is 29.1 Å². The van der Waals surface area contributed by atoms with Crippen LogP contribution in [0.5, 0.6) is 0 Å². The number of aryl methyl sites for hydroxylation is 1. The molecule has 2 aromatic heterocycles. The molecule has 27 heavy (non-hydrogen) atoms. The summed E-state index contributed by atoms with van der Waals surface area (Å²) in [7, 11) is 1.30. The second kappa shape index (κ2) is 8.79. The Labute approximate surface area is 164 Å². The number of ether oxygens (including phenoxy) is 1. The molecule has 9 heteroatoms. The van der Waals surface area contributed by atoms with E-state index in [1.54, 1.807) is 23.6 Å². The highest BCUT2D eigenvalue weighted by atomic mass is 35.5. The van der Waals surface area contributed by atoms with E-state index in [9.17, 15) is 9.59 Å². The van der Waals surface area contributed by atoms with Crippen LogP contribution in [0.4, 0.5) is 5.69 Å². The van der Waals surface area contributed by atoms with Gasteiger partial charge in [-0.2, -0.15) is 4.98 Å². The van der Waals surface area contributed by atoms with E-state index >= 15 is 0 Å². The number of nitrogens with zero attached hydrogens (tertiary/aromatic N) is 2. The summed E-state index contributed by atoms with van der Waals surface area (Å²) in [6, 6.07) is 8.80. The van der Waals surface area contributed by atoms with Gasteiger partial charge in [0.2, 0.25) is 17.6 Å². The van der Waals surface area contributed by atoms with Crippen molar-refractivity contribution in [3.8, 4) is 11.4 Å². The van der Waals surface area contributed by atoms with Crippen molar-refractivity contribution in [2.24, 2.45) is 0 Å². The third kappa shape index (κ3) is 4.93. The third-order valence-corrected chi connectivity index (χ3v) is 4.82. The number of anilines is 1. The van der Waals surface area contributed by atoms with Gasteiger partial charge in [-0.1, -0.05) is 16.8 Å². The van der Waals surface area contributed by atoms with Crippen LogP contribution in [0, 0.1) is 0 Å². The molecule has 140 valence electrons. The number of hydrogen-bond donors (Lipinski definition) is 1. The summed E-state index contributed by atoms with van der Waals surface area (Å²) in [6.45, 7) is 0. The lowest BCUT2D eigenvalue weighted by Gasteiger charge is -2.04. The number of carbonyl (C=O) groups excluding carboxylic acids is 2. The van der Waals surface area contributed by atoms with Crippen LogP contribution in [0.3, 0.4) is 0 Å². The molecule has 0 saturated carbocycles. The normalized spacial score (nSPS) is 10.6. The number of amides is 1. The molecular formula is C18H16ClN3O4S. The Morgan fingerprint density at radius 1 is 1.26 bits per heavy atom. The number of thiophene rings is 1. The first-order chi connectivity index (χ1) is 13.1. The van der Waals surface area contributed by atoms with Crippen LogP contribution in [0.1, 0.15) is 28.4 Å². The molecule has 2 heterocycles. The highest BCUT2D eigenvalue weighted by molar-refractivity contribution is 7.12. The van der Waals surface area contributed by atoms with E-state index < -0.39 is 5.97 Å². The van der Waals surface area contributed by atoms with Crippen LogP contribution < -0.4 is 5.32 Å². The Kier molecular flexibility index (Phi) is 6.20. The second-order valence-electron chi connectivity index (χ2n) is 5.58. The number of methoxy groups -OCH3 is 1. The zero-order chi connectivity index (χ0) is 19.2. The molecule has 1 amide bonds. The smallest absolute Gasteiger partial charge is 0.350 e. The van der Waals surface area contributed by atoms with E-state index in [0.717, 1.165) is 5.56 Å². The molecule has 0 unspecified atom stereocenters. The van der Waals surface area contributed by atoms with Crippen molar-refractivity contribution in [1.82, 2.24) is 10.1 Å². The average Bonchev–Trinajstić information content (AvgIpc) is 3.31. The van der Waals surface area contributed by atoms with Gasteiger partial charge in [0.25, 0.3) is 0 Å². The van der Waals surface area contributed by atoms with Crippen LogP contribution in [0.2, 0.25) is 5.02 Å². The topological polar surface area (TPSA) is 94.3 Å².